The lowest BCUT2D eigenvalue weighted by molar-refractivity contribution is 0.0388. The maximum absolute atomic E-state index is 11.5. The van der Waals surface area contributed by atoms with Crippen molar-refractivity contribution in [3.05, 3.63) is 42.0 Å². The third kappa shape index (κ3) is 3.51. The fourth-order valence-electron chi connectivity index (χ4n) is 1.04. The molecule has 1 rings (SSSR count). The van der Waals surface area contributed by atoms with Crippen molar-refractivity contribution < 1.29 is 9.53 Å². The van der Waals surface area contributed by atoms with Gasteiger partial charge in [-0.3, -0.25) is 0 Å². The first-order valence-corrected chi connectivity index (χ1v) is 5.79. The summed E-state index contributed by atoms with van der Waals surface area (Å²) in [4.78, 5) is 11.5. The van der Waals surface area contributed by atoms with Crippen LogP contribution in [-0.2, 0) is 4.74 Å². The summed E-state index contributed by atoms with van der Waals surface area (Å²) in [6.07, 6.45) is 1.62. The van der Waals surface area contributed by atoms with Gasteiger partial charge in [0.1, 0.15) is 6.10 Å². The Kier molecular flexibility index (Phi) is 4.56. The SMILES string of the molecule is C=Cc1ccc(C(=O)OC(C)CBr)cc1. The average Bonchev–Trinajstić information content (AvgIpc) is 2.29. The first kappa shape index (κ1) is 12.0. The largest absolute Gasteiger partial charge is 0.458 e. The fraction of sp³-hybridized carbons (Fsp3) is 0.250. The van der Waals surface area contributed by atoms with Crippen LogP contribution in [0.1, 0.15) is 22.8 Å². The summed E-state index contributed by atoms with van der Waals surface area (Å²) < 4.78 is 5.15. The summed E-state index contributed by atoms with van der Waals surface area (Å²) in [6.45, 7) is 5.48. The molecule has 1 aromatic carbocycles. The number of benzene rings is 1. The fourth-order valence-corrected chi connectivity index (χ4v) is 1.17. The van der Waals surface area contributed by atoms with Crippen LogP contribution in [0.15, 0.2) is 30.8 Å². The van der Waals surface area contributed by atoms with Gasteiger partial charge in [0.2, 0.25) is 0 Å². The Morgan fingerprint density at radius 1 is 1.53 bits per heavy atom. The van der Waals surface area contributed by atoms with Crippen molar-refractivity contribution in [1.29, 1.82) is 0 Å². The van der Waals surface area contributed by atoms with Crippen LogP contribution in [0.2, 0.25) is 0 Å². The maximum atomic E-state index is 11.5. The van der Waals surface area contributed by atoms with Gasteiger partial charge in [-0.2, -0.15) is 0 Å². The molecule has 0 aromatic heterocycles. The second-order valence-corrected chi connectivity index (χ2v) is 3.84. The molecule has 3 heteroatoms. The van der Waals surface area contributed by atoms with Crippen molar-refractivity contribution in [2.24, 2.45) is 0 Å². The van der Waals surface area contributed by atoms with Gasteiger partial charge in [-0.05, 0) is 24.6 Å². The molecule has 0 N–H and O–H groups in total. The van der Waals surface area contributed by atoms with Crippen LogP contribution in [0, 0.1) is 0 Å². The first-order valence-electron chi connectivity index (χ1n) is 4.67. The molecule has 2 nitrogen and oxygen atoms in total. The van der Waals surface area contributed by atoms with Gasteiger partial charge in [-0.15, -0.1) is 0 Å². The minimum absolute atomic E-state index is 0.114. The molecule has 0 aliphatic heterocycles. The monoisotopic (exact) mass is 268 g/mol. The van der Waals surface area contributed by atoms with Gasteiger partial charge in [0, 0.05) is 5.33 Å². The average molecular weight is 269 g/mol. The number of ether oxygens (including phenoxy) is 1. The molecule has 0 saturated carbocycles. The number of halogens is 1. The van der Waals surface area contributed by atoms with E-state index in [1.807, 2.05) is 19.1 Å². The minimum Gasteiger partial charge on any atom is -0.458 e. The smallest absolute Gasteiger partial charge is 0.338 e. The van der Waals surface area contributed by atoms with Crippen LogP contribution < -0.4 is 0 Å². The predicted octanol–water partition coefficient (Wildman–Crippen LogP) is 3.27. The normalized spacial score (nSPS) is 11.9. The lowest BCUT2D eigenvalue weighted by Crippen LogP contribution is -2.15. The first-order chi connectivity index (χ1) is 7.17. The van der Waals surface area contributed by atoms with E-state index in [1.54, 1.807) is 18.2 Å². The molecule has 0 bridgehead atoms. The van der Waals surface area contributed by atoms with E-state index in [1.165, 1.54) is 0 Å². The second kappa shape index (κ2) is 5.71. The Bertz CT molecular complexity index is 343. The Morgan fingerprint density at radius 3 is 2.60 bits per heavy atom. The quantitative estimate of drug-likeness (QED) is 0.619. The Hall–Kier alpha value is -1.09. The van der Waals surface area contributed by atoms with Gasteiger partial charge in [0.25, 0.3) is 0 Å². The Balaban J connectivity index is 2.70. The molecule has 15 heavy (non-hydrogen) atoms. The number of hydrogen-bond acceptors (Lipinski definition) is 2. The third-order valence-electron chi connectivity index (χ3n) is 1.91. The highest BCUT2D eigenvalue weighted by Gasteiger charge is 2.10. The van der Waals surface area contributed by atoms with E-state index in [0.717, 1.165) is 5.56 Å². The number of hydrogen-bond donors (Lipinski definition) is 0. The Labute approximate surface area is 98.1 Å². The molecule has 0 aliphatic rings. The molecule has 0 aliphatic carbocycles. The molecule has 1 atom stereocenters. The molecule has 0 amide bonds. The molecule has 80 valence electrons. The second-order valence-electron chi connectivity index (χ2n) is 3.20. The molecule has 0 heterocycles. The minimum atomic E-state index is -0.294. The highest BCUT2D eigenvalue weighted by molar-refractivity contribution is 9.09. The number of carbonyl (C=O) groups excluding carboxylic acids is 1. The van der Waals surface area contributed by atoms with Crippen LogP contribution in [0.5, 0.6) is 0 Å². The lowest BCUT2D eigenvalue weighted by atomic mass is 10.1. The van der Waals surface area contributed by atoms with Crippen molar-refractivity contribution in [3.8, 4) is 0 Å². The molecular weight excluding hydrogens is 256 g/mol. The van der Waals surface area contributed by atoms with Crippen molar-refractivity contribution in [2.75, 3.05) is 5.33 Å². The molecule has 0 spiro atoms. The molecule has 0 fully saturated rings. The number of rotatable bonds is 4. The van der Waals surface area contributed by atoms with Crippen molar-refractivity contribution in [1.82, 2.24) is 0 Å². The Morgan fingerprint density at radius 2 is 2.13 bits per heavy atom. The summed E-state index contributed by atoms with van der Waals surface area (Å²) in [7, 11) is 0. The van der Waals surface area contributed by atoms with Gasteiger partial charge >= 0.3 is 5.97 Å². The summed E-state index contributed by atoms with van der Waals surface area (Å²) in [5.41, 5.74) is 1.55. The van der Waals surface area contributed by atoms with Gasteiger partial charge < -0.3 is 4.74 Å². The predicted molar refractivity (Wildman–Crippen MR) is 65.2 cm³/mol. The zero-order chi connectivity index (χ0) is 11.3. The third-order valence-corrected chi connectivity index (χ3v) is 2.82. The molecule has 1 unspecified atom stereocenters. The highest BCUT2D eigenvalue weighted by Crippen LogP contribution is 2.08. The molecule has 0 radical (unpaired) electrons. The van der Waals surface area contributed by atoms with Crippen LogP contribution in [0.25, 0.3) is 6.08 Å². The number of esters is 1. The number of carbonyl (C=O) groups is 1. The summed E-state index contributed by atoms with van der Waals surface area (Å²) in [6, 6.07) is 7.14. The van der Waals surface area contributed by atoms with Crippen LogP contribution >= 0.6 is 15.9 Å². The van der Waals surface area contributed by atoms with Crippen LogP contribution in [-0.4, -0.2) is 17.4 Å². The topological polar surface area (TPSA) is 26.3 Å². The standard InChI is InChI=1S/C12H13BrO2/c1-3-10-4-6-11(7-5-10)12(14)15-9(2)8-13/h3-7,9H,1,8H2,2H3. The number of alkyl halides is 1. The lowest BCUT2D eigenvalue weighted by Gasteiger charge is -2.09. The van der Waals surface area contributed by atoms with Gasteiger partial charge in [0.15, 0.2) is 0 Å². The summed E-state index contributed by atoms with van der Waals surface area (Å²) >= 11 is 3.25. The van der Waals surface area contributed by atoms with Gasteiger partial charge in [-0.1, -0.05) is 40.7 Å². The van der Waals surface area contributed by atoms with E-state index in [2.05, 4.69) is 22.5 Å². The zero-order valence-electron chi connectivity index (χ0n) is 8.57. The van der Waals surface area contributed by atoms with E-state index in [9.17, 15) is 4.79 Å². The van der Waals surface area contributed by atoms with E-state index in [4.69, 9.17) is 4.74 Å². The summed E-state index contributed by atoms with van der Waals surface area (Å²) in [5, 5.41) is 0.642. The maximum Gasteiger partial charge on any atom is 0.338 e. The molecule has 1 aromatic rings. The van der Waals surface area contributed by atoms with Crippen LogP contribution in [0.3, 0.4) is 0 Å². The molecule has 0 saturated heterocycles. The van der Waals surface area contributed by atoms with Crippen molar-refractivity contribution in [2.45, 2.75) is 13.0 Å². The van der Waals surface area contributed by atoms with Gasteiger partial charge in [0.05, 0.1) is 5.56 Å². The van der Waals surface area contributed by atoms with Gasteiger partial charge in [-0.25, -0.2) is 4.79 Å². The summed E-state index contributed by atoms with van der Waals surface area (Å²) in [5.74, 6) is -0.294. The van der Waals surface area contributed by atoms with E-state index >= 15 is 0 Å². The van der Waals surface area contributed by atoms with Crippen LogP contribution in [0.4, 0.5) is 0 Å². The zero-order valence-corrected chi connectivity index (χ0v) is 10.2. The highest BCUT2D eigenvalue weighted by atomic mass is 79.9. The van der Waals surface area contributed by atoms with E-state index in [0.29, 0.717) is 10.9 Å². The van der Waals surface area contributed by atoms with Crippen molar-refractivity contribution in [3.63, 3.8) is 0 Å². The van der Waals surface area contributed by atoms with E-state index < -0.39 is 0 Å². The van der Waals surface area contributed by atoms with Crippen molar-refractivity contribution >= 4 is 28.0 Å². The van der Waals surface area contributed by atoms with E-state index in [-0.39, 0.29) is 12.1 Å². The molecular formula is C12H13BrO2.